The summed E-state index contributed by atoms with van der Waals surface area (Å²) in [6, 6.07) is 6.29. The number of aromatic nitrogens is 2. The predicted octanol–water partition coefficient (Wildman–Crippen LogP) is 1.95. The third-order valence-electron chi connectivity index (χ3n) is 2.56. The van der Waals surface area contributed by atoms with E-state index in [0.29, 0.717) is 12.4 Å². The molecule has 0 fully saturated rings. The first-order valence-corrected chi connectivity index (χ1v) is 5.19. The van der Waals surface area contributed by atoms with E-state index in [1.54, 1.807) is 31.0 Å². The lowest BCUT2D eigenvalue weighted by molar-refractivity contribution is 0.185. The second-order valence-corrected chi connectivity index (χ2v) is 3.81. The van der Waals surface area contributed by atoms with Gasteiger partial charge in [-0.1, -0.05) is 0 Å². The SMILES string of the molecule is COCc1cc(F)ccc1-c1cc(N)n(C)n1. The van der Waals surface area contributed by atoms with E-state index in [1.807, 2.05) is 0 Å². The van der Waals surface area contributed by atoms with Crippen molar-refractivity contribution in [3.05, 3.63) is 35.6 Å². The minimum atomic E-state index is -0.287. The molecule has 0 aliphatic rings. The van der Waals surface area contributed by atoms with Crippen molar-refractivity contribution in [1.82, 2.24) is 9.78 Å². The summed E-state index contributed by atoms with van der Waals surface area (Å²) < 4.78 is 19.8. The van der Waals surface area contributed by atoms with Gasteiger partial charge in [-0.05, 0) is 23.8 Å². The molecule has 0 aliphatic carbocycles. The molecule has 17 heavy (non-hydrogen) atoms. The molecule has 0 aliphatic heterocycles. The average Bonchev–Trinajstić information content (AvgIpc) is 2.60. The van der Waals surface area contributed by atoms with Crippen LogP contribution < -0.4 is 5.73 Å². The Morgan fingerprint density at radius 2 is 2.18 bits per heavy atom. The molecule has 0 radical (unpaired) electrons. The van der Waals surface area contributed by atoms with Crippen LogP contribution in [-0.2, 0) is 18.4 Å². The zero-order chi connectivity index (χ0) is 12.4. The number of anilines is 1. The highest BCUT2D eigenvalue weighted by Crippen LogP contribution is 2.25. The van der Waals surface area contributed by atoms with Gasteiger partial charge in [0.15, 0.2) is 0 Å². The van der Waals surface area contributed by atoms with Gasteiger partial charge in [0.25, 0.3) is 0 Å². The molecule has 1 aromatic carbocycles. The highest BCUT2D eigenvalue weighted by Gasteiger charge is 2.10. The van der Waals surface area contributed by atoms with E-state index in [9.17, 15) is 4.39 Å². The van der Waals surface area contributed by atoms with Gasteiger partial charge in [0.05, 0.1) is 12.3 Å². The van der Waals surface area contributed by atoms with Gasteiger partial charge in [0.1, 0.15) is 11.6 Å². The van der Waals surface area contributed by atoms with E-state index in [4.69, 9.17) is 10.5 Å². The normalized spacial score (nSPS) is 10.8. The van der Waals surface area contributed by atoms with Gasteiger partial charge < -0.3 is 10.5 Å². The second kappa shape index (κ2) is 4.55. The average molecular weight is 235 g/mol. The first kappa shape index (κ1) is 11.6. The first-order valence-electron chi connectivity index (χ1n) is 5.19. The molecule has 0 unspecified atom stereocenters. The molecule has 0 atom stereocenters. The van der Waals surface area contributed by atoms with E-state index in [1.165, 1.54) is 12.1 Å². The summed E-state index contributed by atoms with van der Waals surface area (Å²) in [5.41, 5.74) is 8.04. The van der Waals surface area contributed by atoms with Gasteiger partial charge in [-0.15, -0.1) is 0 Å². The molecule has 0 saturated carbocycles. The fourth-order valence-corrected chi connectivity index (χ4v) is 1.70. The number of methoxy groups -OCH3 is 1. The number of rotatable bonds is 3. The monoisotopic (exact) mass is 235 g/mol. The van der Waals surface area contributed by atoms with Crippen molar-refractivity contribution in [2.24, 2.45) is 7.05 Å². The van der Waals surface area contributed by atoms with E-state index < -0.39 is 0 Å². The summed E-state index contributed by atoms with van der Waals surface area (Å²) in [7, 11) is 3.33. The van der Waals surface area contributed by atoms with Gasteiger partial charge in [-0.2, -0.15) is 5.10 Å². The van der Waals surface area contributed by atoms with Crippen LogP contribution in [0.2, 0.25) is 0 Å². The van der Waals surface area contributed by atoms with Gasteiger partial charge in [0, 0.05) is 25.8 Å². The molecule has 0 saturated heterocycles. The lowest BCUT2D eigenvalue weighted by Gasteiger charge is -2.06. The molecule has 0 amide bonds. The molecular formula is C12H14FN3O. The maximum Gasteiger partial charge on any atom is 0.123 e. The molecule has 2 N–H and O–H groups in total. The minimum Gasteiger partial charge on any atom is -0.384 e. The second-order valence-electron chi connectivity index (χ2n) is 3.81. The van der Waals surface area contributed by atoms with E-state index in [0.717, 1.165) is 16.8 Å². The molecule has 0 bridgehead atoms. The summed E-state index contributed by atoms with van der Waals surface area (Å²) >= 11 is 0. The van der Waals surface area contributed by atoms with Crippen LogP contribution in [0.5, 0.6) is 0 Å². The summed E-state index contributed by atoms with van der Waals surface area (Å²) in [5.74, 6) is 0.275. The predicted molar refractivity (Wildman–Crippen MR) is 63.7 cm³/mol. The molecule has 4 nitrogen and oxygen atoms in total. The highest BCUT2D eigenvalue weighted by molar-refractivity contribution is 5.66. The number of halogens is 1. The molecule has 1 aromatic heterocycles. The van der Waals surface area contributed by atoms with Crippen LogP contribution in [0.15, 0.2) is 24.3 Å². The highest BCUT2D eigenvalue weighted by atomic mass is 19.1. The van der Waals surface area contributed by atoms with Gasteiger partial charge in [0.2, 0.25) is 0 Å². The van der Waals surface area contributed by atoms with Crippen molar-refractivity contribution in [3.8, 4) is 11.3 Å². The summed E-state index contributed by atoms with van der Waals surface area (Å²) in [4.78, 5) is 0. The smallest absolute Gasteiger partial charge is 0.123 e. The third kappa shape index (κ3) is 2.29. The quantitative estimate of drug-likeness (QED) is 0.884. The number of aryl methyl sites for hydroxylation is 1. The van der Waals surface area contributed by atoms with Crippen LogP contribution in [0.4, 0.5) is 10.2 Å². The Labute approximate surface area is 98.8 Å². The Balaban J connectivity index is 2.50. The van der Waals surface area contributed by atoms with E-state index >= 15 is 0 Å². The van der Waals surface area contributed by atoms with Crippen molar-refractivity contribution < 1.29 is 9.13 Å². The summed E-state index contributed by atoms with van der Waals surface area (Å²) in [6.07, 6.45) is 0. The lowest BCUT2D eigenvalue weighted by Crippen LogP contribution is -1.97. The standard InChI is InChI=1S/C12H14FN3O/c1-16-12(14)6-11(15-16)10-4-3-9(13)5-8(10)7-17-2/h3-6H,7,14H2,1-2H3. The summed E-state index contributed by atoms with van der Waals surface area (Å²) in [5, 5.41) is 4.27. The fourth-order valence-electron chi connectivity index (χ4n) is 1.70. The number of nitrogens with two attached hydrogens (primary N) is 1. The Morgan fingerprint density at radius 1 is 1.41 bits per heavy atom. The molecule has 90 valence electrons. The van der Waals surface area contributed by atoms with Gasteiger partial charge in [-0.3, -0.25) is 4.68 Å². The number of hydrogen-bond donors (Lipinski definition) is 1. The number of hydrogen-bond acceptors (Lipinski definition) is 3. The van der Waals surface area contributed by atoms with Crippen LogP contribution >= 0.6 is 0 Å². The molecule has 2 rings (SSSR count). The topological polar surface area (TPSA) is 53.1 Å². The van der Waals surface area contributed by atoms with Crippen molar-refractivity contribution in [2.45, 2.75) is 6.61 Å². The Kier molecular flexibility index (Phi) is 3.10. The minimum absolute atomic E-state index is 0.287. The van der Waals surface area contributed by atoms with Crippen molar-refractivity contribution in [2.75, 3.05) is 12.8 Å². The number of nitrogens with zero attached hydrogens (tertiary/aromatic N) is 2. The molecule has 5 heteroatoms. The van der Waals surface area contributed by atoms with Crippen LogP contribution in [0.3, 0.4) is 0 Å². The maximum atomic E-state index is 13.2. The largest absolute Gasteiger partial charge is 0.384 e. The van der Waals surface area contributed by atoms with Crippen LogP contribution in [-0.4, -0.2) is 16.9 Å². The molecule has 2 aromatic rings. The van der Waals surface area contributed by atoms with Crippen LogP contribution in [0.25, 0.3) is 11.3 Å². The van der Waals surface area contributed by atoms with E-state index in [2.05, 4.69) is 5.10 Å². The fraction of sp³-hybridized carbons (Fsp3) is 0.250. The number of ether oxygens (including phenoxy) is 1. The number of nitrogen functional groups attached to an aromatic ring is 1. The summed E-state index contributed by atoms with van der Waals surface area (Å²) in [6.45, 7) is 0.337. The Morgan fingerprint density at radius 3 is 2.76 bits per heavy atom. The zero-order valence-corrected chi connectivity index (χ0v) is 9.77. The maximum absolute atomic E-state index is 13.2. The van der Waals surface area contributed by atoms with Crippen molar-refractivity contribution in [3.63, 3.8) is 0 Å². The van der Waals surface area contributed by atoms with Crippen LogP contribution in [0, 0.1) is 5.82 Å². The van der Waals surface area contributed by atoms with Crippen molar-refractivity contribution >= 4 is 5.82 Å². The molecule has 0 spiro atoms. The molecule has 1 heterocycles. The number of benzene rings is 1. The van der Waals surface area contributed by atoms with Crippen LogP contribution in [0.1, 0.15) is 5.56 Å². The lowest BCUT2D eigenvalue weighted by atomic mass is 10.1. The van der Waals surface area contributed by atoms with Gasteiger partial charge >= 0.3 is 0 Å². The van der Waals surface area contributed by atoms with Gasteiger partial charge in [-0.25, -0.2) is 4.39 Å². The first-order chi connectivity index (χ1) is 8.11. The van der Waals surface area contributed by atoms with Crippen molar-refractivity contribution in [1.29, 1.82) is 0 Å². The zero-order valence-electron chi connectivity index (χ0n) is 9.77. The Bertz CT molecular complexity index is 517. The third-order valence-corrected chi connectivity index (χ3v) is 2.56. The Hall–Kier alpha value is -1.88. The van der Waals surface area contributed by atoms with E-state index in [-0.39, 0.29) is 5.82 Å². The molecular weight excluding hydrogens is 221 g/mol.